The lowest BCUT2D eigenvalue weighted by atomic mass is 9.81. The SMILES string of the molecule is CCC(CC)(CN)C(=O)Nc1ccc2c(c1)CCO2.Cl. The zero-order valence-corrected chi connectivity index (χ0v) is 12.9. The van der Waals surface area contributed by atoms with Gasteiger partial charge in [-0.05, 0) is 36.6 Å². The molecule has 0 saturated heterocycles. The van der Waals surface area contributed by atoms with Gasteiger partial charge in [-0.3, -0.25) is 4.79 Å². The topological polar surface area (TPSA) is 64.4 Å². The molecule has 1 amide bonds. The van der Waals surface area contributed by atoms with Crippen LogP contribution in [0.2, 0.25) is 0 Å². The first-order valence-corrected chi connectivity index (χ1v) is 6.92. The third kappa shape index (κ3) is 3.07. The highest BCUT2D eigenvalue weighted by Gasteiger charge is 2.33. The molecule has 4 nitrogen and oxygen atoms in total. The van der Waals surface area contributed by atoms with E-state index in [1.54, 1.807) is 0 Å². The fraction of sp³-hybridized carbons (Fsp3) is 0.533. The van der Waals surface area contributed by atoms with Crippen LogP contribution in [-0.2, 0) is 11.2 Å². The van der Waals surface area contributed by atoms with E-state index in [0.29, 0.717) is 6.54 Å². The van der Waals surface area contributed by atoms with E-state index in [1.807, 2.05) is 32.0 Å². The average Bonchev–Trinajstić information content (AvgIpc) is 2.89. The van der Waals surface area contributed by atoms with E-state index in [2.05, 4.69) is 5.32 Å². The number of rotatable bonds is 5. The van der Waals surface area contributed by atoms with Crippen molar-refractivity contribution in [1.82, 2.24) is 0 Å². The zero-order valence-electron chi connectivity index (χ0n) is 12.1. The van der Waals surface area contributed by atoms with E-state index in [4.69, 9.17) is 10.5 Å². The van der Waals surface area contributed by atoms with Gasteiger partial charge in [0.2, 0.25) is 5.91 Å². The molecule has 5 heteroatoms. The van der Waals surface area contributed by atoms with Crippen molar-refractivity contribution in [1.29, 1.82) is 0 Å². The van der Waals surface area contributed by atoms with Crippen molar-refractivity contribution in [2.24, 2.45) is 11.1 Å². The highest BCUT2D eigenvalue weighted by atomic mass is 35.5. The molecule has 1 aromatic rings. The molecule has 0 fully saturated rings. The van der Waals surface area contributed by atoms with Gasteiger partial charge >= 0.3 is 0 Å². The van der Waals surface area contributed by atoms with Crippen molar-refractivity contribution in [3.63, 3.8) is 0 Å². The number of fused-ring (bicyclic) bond motifs is 1. The lowest BCUT2D eigenvalue weighted by Crippen LogP contribution is -2.41. The van der Waals surface area contributed by atoms with Crippen molar-refractivity contribution < 1.29 is 9.53 Å². The van der Waals surface area contributed by atoms with Crippen molar-refractivity contribution in [3.05, 3.63) is 23.8 Å². The Morgan fingerprint density at radius 3 is 2.70 bits per heavy atom. The number of benzene rings is 1. The molecular weight excluding hydrogens is 276 g/mol. The zero-order chi connectivity index (χ0) is 13.9. The van der Waals surface area contributed by atoms with E-state index in [1.165, 1.54) is 0 Å². The third-order valence-electron chi connectivity index (χ3n) is 4.17. The molecule has 0 aliphatic carbocycles. The highest BCUT2D eigenvalue weighted by Crippen LogP contribution is 2.30. The molecule has 3 N–H and O–H groups in total. The number of anilines is 1. The minimum Gasteiger partial charge on any atom is -0.493 e. The number of carbonyl (C=O) groups is 1. The molecule has 0 aromatic heterocycles. The number of carbonyl (C=O) groups excluding carboxylic acids is 1. The first kappa shape index (κ1) is 16.8. The lowest BCUT2D eigenvalue weighted by molar-refractivity contribution is -0.125. The summed E-state index contributed by atoms with van der Waals surface area (Å²) >= 11 is 0. The molecule has 0 unspecified atom stereocenters. The molecule has 0 atom stereocenters. The van der Waals surface area contributed by atoms with Crippen LogP contribution in [0, 0.1) is 5.41 Å². The molecule has 0 bridgehead atoms. The predicted octanol–water partition coefficient (Wildman–Crippen LogP) is 2.75. The average molecular weight is 299 g/mol. The quantitative estimate of drug-likeness (QED) is 0.878. The Labute approximate surface area is 126 Å². The first-order chi connectivity index (χ1) is 9.15. The standard InChI is InChI=1S/C15H22N2O2.ClH/c1-3-15(4-2,10-16)14(18)17-12-5-6-13-11(9-12)7-8-19-13;/h5-6,9H,3-4,7-8,10,16H2,1-2H3,(H,17,18);1H. The molecule has 2 rings (SSSR count). The van der Waals surface area contributed by atoms with E-state index in [9.17, 15) is 4.79 Å². The number of nitrogens with two attached hydrogens (primary N) is 1. The molecule has 1 aliphatic rings. The minimum atomic E-state index is -0.463. The molecule has 1 aromatic carbocycles. The fourth-order valence-electron chi connectivity index (χ4n) is 2.48. The lowest BCUT2D eigenvalue weighted by Gasteiger charge is -2.28. The van der Waals surface area contributed by atoms with Gasteiger partial charge in [-0.25, -0.2) is 0 Å². The number of nitrogens with one attached hydrogen (secondary N) is 1. The first-order valence-electron chi connectivity index (χ1n) is 6.92. The molecule has 0 radical (unpaired) electrons. The second-order valence-electron chi connectivity index (χ2n) is 5.07. The Morgan fingerprint density at radius 2 is 2.10 bits per heavy atom. The summed E-state index contributed by atoms with van der Waals surface area (Å²) in [5.74, 6) is 0.938. The van der Waals surface area contributed by atoms with E-state index in [0.717, 1.165) is 42.9 Å². The van der Waals surface area contributed by atoms with Gasteiger partial charge in [0.15, 0.2) is 0 Å². The van der Waals surface area contributed by atoms with Gasteiger partial charge in [-0.2, -0.15) is 0 Å². The molecule has 112 valence electrons. The van der Waals surface area contributed by atoms with Crippen molar-refractivity contribution in [2.45, 2.75) is 33.1 Å². The Hall–Kier alpha value is -1.26. The van der Waals surface area contributed by atoms with Gasteiger partial charge in [0, 0.05) is 18.7 Å². The Morgan fingerprint density at radius 1 is 1.40 bits per heavy atom. The van der Waals surface area contributed by atoms with Gasteiger partial charge in [0.05, 0.1) is 12.0 Å². The maximum Gasteiger partial charge on any atom is 0.231 e. The fourth-order valence-corrected chi connectivity index (χ4v) is 2.48. The molecule has 0 spiro atoms. The molecular formula is C15H23ClN2O2. The Kier molecular flexibility index (Phi) is 5.84. The van der Waals surface area contributed by atoms with Crippen LogP contribution in [0.25, 0.3) is 0 Å². The number of hydrogen-bond donors (Lipinski definition) is 2. The summed E-state index contributed by atoms with van der Waals surface area (Å²) in [6.07, 6.45) is 2.41. The van der Waals surface area contributed by atoms with Crippen LogP contribution in [0.15, 0.2) is 18.2 Å². The van der Waals surface area contributed by atoms with Gasteiger partial charge in [-0.1, -0.05) is 13.8 Å². The smallest absolute Gasteiger partial charge is 0.231 e. The van der Waals surface area contributed by atoms with Crippen LogP contribution < -0.4 is 15.8 Å². The van der Waals surface area contributed by atoms with Gasteiger partial charge in [-0.15, -0.1) is 12.4 Å². The maximum absolute atomic E-state index is 12.4. The summed E-state index contributed by atoms with van der Waals surface area (Å²) in [7, 11) is 0. The van der Waals surface area contributed by atoms with Crippen LogP contribution in [-0.4, -0.2) is 19.1 Å². The maximum atomic E-state index is 12.4. The third-order valence-corrected chi connectivity index (χ3v) is 4.17. The van der Waals surface area contributed by atoms with Gasteiger partial charge in [0.1, 0.15) is 5.75 Å². The summed E-state index contributed by atoms with van der Waals surface area (Å²) in [5, 5.41) is 2.99. The Bertz CT molecular complexity index is 465. The summed E-state index contributed by atoms with van der Waals surface area (Å²) in [4.78, 5) is 12.4. The second-order valence-corrected chi connectivity index (χ2v) is 5.07. The summed E-state index contributed by atoms with van der Waals surface area (Å²) in [6, 6.07) is 5.79. The second kappa shape index (κ2) is 6.95. The van der Waals surface area contributed by atoms with E-state index in [-0.39, 0.29) is 18.3 Å². The number of halogens is 1. The van der Waals surface area contributed by atoms with E-state index >= 15 is 0 Å². The van der Waals surface area contributed by atoms with Crippen LogP contribution in [0.1, 0.15) is 32.3 Å². The number of amides is 1. The monoisotopic (exact) mass is 298 g/mol. The largest absolute Gasteiger partial charge is 0.493 e. The van der Waals surface area contributed by atoms with Gasteiger partial charge in [0.25, 0.3) is 0 Å². The van der Waals surface area contributed by atoms with Gasteiger partial charge < -0.3 is 15.8 Å². The minimum absolute atomic E-state index is 0. The van der Waals surface area contributed by atoms with E-state index < -0.39 is 5.41 Å². The molecule has 0 saturated carbocycles. The van der Waals surface area contributed by atoms with Crippen LogP contribution >= 0.6 is 12.4 Å². The van der Waals surface area contributed by atoms with Crippen molar-refractivity contribution >= 4 is 24.0 Å². The van der Waals surface area contributed by atoms with Crippen LogP contribution in [0.5, 0.6) is 5.75 Å². The molecule has 1 heterocycles. The predicted molar refractivity (Wildman–Crippen MR) is 83.6 cm³/mol. The highest BCUT2D eigenvalue weighted by molar-refractivity contribution is 5.95. The molecule has 20 heavy (non-hydrogen) atoms. The summed E-state index contributed by atoms with van der Waals surface area (Å²) < 4.78 is 5.46. The normalized spacial score (nSPS) is 13.2. The number of hydrogen-bond acceptors (Lipinski definition) is 3. The van der Waals surface area contributed by atoms with Crippen molar-refractivity contribution in [3.8, 4) is 5.75 Å². The molecule has 1 aliphatic heterocycles. The van der Waals surface area contributed by atoms with Crippen LogP contribution in [0.4, 0.5) is 5.69 Å². The summed E-state index contributed by atoms with van der Waals surface area (Å²) in [5.41, 5.74) is 7.31. The summed E-state index contributed by atoms with van der Waals surface area (Å²) in [6.45, 7) is 5.11. The number of ether oxygens (including phenoxy) is 1. The Balaban J connectivity index is 0.00000200. The van der Waals surface area contributed by atoms with Crippen molar-refractivity contribution in [2.75, 3.05) is 18.5 Å². The van der Waals surface area contributed by atoms with Crippen LogP contribution in [0.3, 0.4) is 0 Å².